The molecule has 2 fully saturated rings. The second-order valence-electron chi connectivity index (χ2n) is 6.94. The van der Waals surface area contributed by atoms with Gasteiger partial charge in [0.1, 0.15) is 0 Å². The molecule has 0 aliphatic carbocycles. The van der Waals surface area contributed by atoms with Crippen molar-refractivity contribution in [3.8, 4) is 0 Å². The van der Waals surface area contributed by atoms with Crippen molar-refractivity contribution in [1.29, 1.82) is 0 Å². The molecule has 0 saturated carbocycles. The topological polar surface area (TPSA) is 49.9 Å². The minimum absolute atomic E-state index is 0.0964. The summed E-state index contributed by atoms with van der Waals surface area (Å²) in [6.07, 6.45) is 7.70. The zero-order valence-electron chi connectivity index (χ0n) is 14.8. The number of likely N-dealkylation sites (tertiary alicyclic amines) is 1. The van der Waals surface area contributed by atoms with Gasteiger partial charge in [0.15, 0.2) is 0 Å². The molecule has 0 aromatic rings. The van der Waals surface area contributed by atoms with E-state index in [9.17, 15) is 9.59 Å². The molecule has 0 radical (unpaired) electrons. The van der Waals surface area contributed by atoms with Gasteiger partial charge in [0.25, 0.3) is 0 Å². The maximum atomic E-state index is 12.4. The molecule has 2 saturated heterocycles. The molecule has 0 aromatic carbocycles. The smallest absolute Gasteiger partial charge is 0.225 e. The van der Waals surface area contributed by atoms with Gasteiger partial charge in [-0.05, 0) is 38.5 Å². The number of carbonyl (C=O) groups is 2. The van der Waals surface area contributed by atoms with E-state index in [1.54, 1.807) is 0 Å². The first-order valence-corrected chi connectivity index (χ1v) is 9.26. The van der Waals surface area contributed by atoms with Gasteiger partial charge in [0.2, 0.25) is 11.8 Å². The lowest BCUT2D eigenvalue weighted by Gasteiger charge is -2.33. The van der Waals surface area contributed by atoms with E-state index >= 15 is 0 Å². The van der Waals surface area contributed by atoms with Crippen LogP contribution < -0.4 is 0 Å². The van der Waals surface area contributed by atoms with Crippen LogP contribution in [0.3, 0.4) is 0 Å². The van der Waals surface area contributed by atoms with Gasteiger partial charge in [-0.3, -0.25) is 9.59 Å². The Kier molecular flexibility index (Phi) is 7.34. The van der Waals surface area contributed by atoms with E-state index in [1.165, 1.54) is 0 Å². The normalized spacial score (nSPS) is 22.3. The van der Waals surface area contributed by atoms with Crippen LogP contribution in [0.4, 0.5) is 0 Å². The van der Waals surface area contributed by atoms with Crippen molar-refractivity contribution in [3.05, 3.63) is 0 Å². The highest BCUT2D eigenvalue weighted by molar-refractivity contribution is 5.80. The molecule has 2 rings (SSSR count). The van der Waals surface area contributed by atoms with Crippen molar-refractivity contribution in [2.75, 3.05) is 33.3 Å². The Morgan fingerprint density at radius 1 is 1.22 bits per heavy atom. The summed E-state index contributed by atoms with van der Waals surface area (Å²) in [7, 11) is 1.90. The van der Waals surface area contributed by atoms with Crippen molar-refractivity contribution in [2.45, 2.75) is 64.4 Å². The second-order valence-corrected chi connectivity index (χ2v) is 6.94. The molecular weight excluding hydrogens is 292 g/mol. The van der Waals surface area contributed by atoms with Crippen LogP contribution in [0.5, 0.6) is 0 Å². The maximum Gasteiger partial charge on any atom is 0.225 e. The molecule has 23 heavy (non-hydrogen) atoms. The van der Waals surface area contributed by atoms with Crippen LogP contribution >= 0.6 is 0 Å². The van der Waals surface area contributed by atoms with Crippen LogP contribution in [0.1, 0.15) is 58.3 Å². The SMILES string of the molecule is CCCCN(C)C(=O)C1CCN(C(=O)CCC2CCCO2)CC1. The Morgan fingerprint density at radius 2 is 1.96 bits per heavy atom. The number of hydrogen-bond acceptors (Lipinski definition) is 3. The summed E-state index contributed by atoms with van der Waals surface area (Å²) in [5.41, 5.74) is 0. The van der Waals surface area contributed by atoms with E-state index in [4.69, 9.17) is 4.74 Å². The highest BCUT2D eigenvalue weighted by atomic mass is 16.5. The van der Waals surface area contributed by atoms with Gasteiger partial charge < -0.3 is 14.5 Å². The molecular formula is C18H32N2O3. The molecule has 132 valence electrons. The zero-order valence-corrected chi connectivity index (χ0v) is 14.8. The van der Waals surface area contributed by atoms with Gasteiger partial charge in [0, 0.05) is 45.6 Å². The number of carbonyl (C=O) groups excluding carboxylic acids is 2. The van der Waals surface area contributed by atoms with E-state index in [0.717, 1.165) is 71.2 Å². The lowest BCUT2D eigenvalue weighted by molar-refractivity contribution is -0.140. The van der Waals surface area contributed by atoms with Crippen LogP contribution in [-0.2, 0) is 14.3 Å². The van der Waals surface area contributed by atoms with E-state index in [-0.39, 0.29) is 23.8 Å². The third-order valence-corrected chi connectivity index (χ3v) is 5.12. The zero-order chi connectivity index (χ0) is 16.7. The number of unbranched alkanes of at least 4 members (excludes halogenated alkanes) is 1. The molecule has 5 heteroatoms. The molecule has 0 N–H and O–H groups in total. The highest BCUT2D eigenvalue weighted by Gasteiger charge is 2.29. The number of piperidine rings is 1. The number of hydrogen-bond donors (Lipinski definition) is 0. The third kappa shape index (κ3) is 5.48. The molecule has 1 unspecified atom stereocenters. The summed E-state index contributed by atoms with van der Waals surface area (Å²) >= 11 is 0. The van der Waals surface area contributed by atoms with Gasteiger partial charge in [-0.1, -0.05) is 13.3 Å². The minimum atomic E-state index is 0.0964. The Hall–Kier alpha value is -1.10. The minimum Gasteiger partial charge on any atom is -0.378 e. The van der Waals surface area contributed by atoms with Gasteiger partial charge in [0.05, 0.1) is 6.10 Å². The van der Waals surface area contributed by atoms with Crippen LogP contribution in [0.15, 0.2) is 0 Å². The van der Waals surface area contributed by atoms with Gasteiger partial charge in [-0.25, -0.2) is 0 Å². The summed E-state index contributed by atoms with van der Waals surface area (Å²) in [6, 6.07) is 0. The summed E-state index contributed by atoms with van der Waals surface area (Å²) in [5, 5.41) is 0. The monoisotopic (exact) mass is 324 g/mol. The largest absolute Gasteiger partial charge is 0.378 e. The molecule has 5 nitrogen and oxygen atoms in total. The number of nitrogens with zero attached hydrogens (tertiary/aromatic N) is 2. The average Bonchev–Trinajstić information content (AvgIpc) is 3.10. The number of rotatable bonds is 7. The fourth-order valence-electron chi connectivity index (χ4n) is 3.51. The first-order chi connectivity index (χ1) is 11.1. The molecule has 1 atom stereocenters. The molecule has 2 heterocycles. The lowest BCUT2D eigenvalue weighted by Crippen LogP contribution is -2.43. The summed E-state index contributed by atoms with van der Waals surface area (Å²) in [5.74, 6) is 0.578. The molecule has 0 spiro atoms. The molecule has 2 aliphatic heterocycles. The highest BCUT2D eigenvalue weighted by Crippen LogP contribution is 2.22. The Labute approximate surface area is 140 Å². The first kappa shape index (κ1) is 18.2. The molecule has 0 aromatic heterocycles. The van der Waals surface area contributed by atoms with Gasteiger partial charge >= 0.3 is 0 Å². The first-order valence-electron chi connectivity index (χ1n) is 9.26. The van der Waals surface area contributed by atoms with Crippen LogP contribution in [0.25, 0.3) is 0 Å². The summed E-state index contributed by atoms with van der Waals surface area (Å²) < 4.78 is 5.58. The predicted molar refractivity (Wildman–Crippen MR) is 90.1 cm³/mol. The molecule has 2 aliphatic rings. The fraction of sp³-hybridized carbons (Fsp3) is 0.889. The van der Waals surface area contributed by atoms with E-state index in [0.29, 0.717) is 6.42 Å². The Morgan fingerprint density at radius 3 is 2.57 bits per heavy atom. The second kappa shape index (κ2) is 9.26. The van der Waals surface area contributed by atoms with E-state index < -0.39 is 0 Å². The fourth-order valence-corrected chi connectivity index (χ4v) is 3.51. The van der Waals surface area contributed by atoms with Crippen molar-refractivity contribution < 1.29 is 14.3 Å². The standard InChI is InChI=1S/C18H32N2O3/c1-3-4-11-19(2)18(22)15-9-12-20(13-10-15)17(21)8-7-16-6-5-14-23-16/h15-16H,3-14H2,1-2H3. The third-order valence-electron chi connectivity index (χ3n) is 5.12. The van der Waals surface area contributed by atoms with Crippen LogP contribution in [0.2, 0.25) is 0 Å². The van der Waals surface area contributed by atoms with Crippen molar-refractivity contribution in [1.82, 2.24) is 9.80 Å². The quantitative estimate of drug-likeness (QED) is 0.723. The van der Waals surface area contributed by atoms with Crippen molar-refractivity contribution in [2.24, 2.45) is 5.92 Å². The molecule has 0 bridgehead atoms. The van der Waals surface area contributed by atoms with Crippen molar-refractivity contribution >= 4 is 11.8 Å². The number of amides is 2. The Bertz CT molecular complexity index is 386. The molecule has 2 amide bonds. The number of ether oxygens (including phenoxy) is 1. The lowest BCUT2D eigenvalue weighted by atomic mass is 9.95. The predicted octanol–water partition coefficient (Wildman–Crippen LogP) is 2.44. The van der Waals surface area contributed by atoms with E-state index in [1.807, 2.05) is 16.8 Å². The summed E-state index contributed by atoms with van der Waals surface area (Å²) in [4.78, 5) is 28.5. The van der Waals surface area contributed by atoms with Crippen LogP contribution in [-0.4, -0.2) is 61.0 Å². The van der Waals surface area contributed by atoms with Crippen LogP contribution in [0, 0.1) is 5.92 Å². The average molecular weight is 324 g/mol. The van der Waals surface area contributed by atoms with Gasteiger partial charge in [-0.15, -0.1) is 0 Å². The Balaban J connectivity index is 1.68. The van der Waals surface area contributed by atoms with E-state index in [2.05, 4.69) is 6.92 Å². The summed E-state index contributed by atoms with van der Waals surface area (Å²) in [6.45, 7) is 5.28. The van der Waals surface area contributed by atoms with Crippen molar-refractivity contribution in [3.63, 3.8) is 0 Å². The maximum absolute atomic E-state index is 12.4. The van der Waals surface area contributed by atoms with Gasteiger partial charge in [-0.2, -0.15) is 0 Å².